The first kappa shape index (κ1) is 39.2. The molecule has 2 aromatic rings. The van der Waals surface area contributed by atoms with Gasteiger partial charge in [-0.3, -0.25) is 19.2 Å². The number of rotatable bonds is 0. The molecule has 0 N–H and O–H groups in total. The summed E-state index contributed by atoms with van der Waals surface area (Å²) in [5, 5.41) is 0. The predicted octanol–water partition coefficient (Wildman–Crippen LogP) is 4.83. The summed E-state index contributed by atoms with van der Waals surface area (Å²) in [5.74, 6) is -3.15. The second-order valence-corrected chi connectivity index (χ2v) is 12.4. The normalized spacial score (nSPS) is 25.5. The van der Waals surface area contributed by atoms with Gasteiger partial charge < -0.3 is 42.6 Å². The van der Waals surface area contributed by atoms with E-state index >= 15 is 0 Å². The van der Waals surface area contributed by atoms with E-state index in [2.05, 4.69) is 0 Å². The molecular weight excluding hydrogens is 688 g/mol. The number of esters is 4. The lowest BCUT2D eigenvalue weighted by molar-refractivity contribution is -0.158. The average Bonchev–Trinajstić information content (AvgIpc) is 3.17. The van der Waals surface area contributed by atoms with E-state index < -0.39 is 47.5 Å². The SMILES string of the molecule is O=C1Oc2cccc(c2)OC/C=C/COc2cccc(c2)OC(=O)[C@@H]2CC=CC[C@@H]2C(=O)OCCOCCOCCOCCOC(=O)[C@@H]2CC=CC[C@H]12. The largest absolute Gasteiger partial charge is 0.489 e. The summed E-state index contributed by atoms with van der Waals surface area (Å²) in [6.45, 7) is 2.05. The smallest absolute Gasteiger partial charge is 0.315 e. The lowest BCUT2D eigenvalue weighted by atomic mass is 9.83. The van der Waals surface area contributed by atoms with E-state index in [-0.39, 0.29) is 52.9 Å². The molecule has 4 atom stereocenters. The highest BCUT2D eigenvalue weighted by Gasteiger charge is 2.37. The zero-order valence-corrected chi connectivity index (χ0v) is 29.6. The van der Waals surface area contributed by atoms with Crippen molar-refractivity contribution in [1.82, 2.24) is 0 Å². The van der Waals surface area contributed by atoms with E-state index in [1.165, 1.54) is 0 Å². The highest BCUT2D eigenvalue weighted by Crippen LogP contribution is 2.31. The molecule has 0 unspecified atom stereocenters. The van der Waals surface area contributed by atoms with E-state index in [4.69, 9.17) is 42.6 Å². The molecule has 0 amide bonds. The Hall–Kier alpha value is -4.98. The van der Waals surface area contributed by atoms with E-state index in [0.717, 1.165) is 0 Å². The van der Waals surface area contributed by atoms with Gasteiger partial charge in [0.05, 0.1) is 63.3 Å². The van der Waals surface area contributed by atoms with Crippen LogP contribution in [0.3, 0.4) is 0 Å². The third kappa shape index (κ3) is 12.9. The Morgan fingerprint density at radius 1 is 0.377 bits per heavy atom. The number of hydrogen-bond acceptors (Lipinski definition) is 13. The molecule has 5 rings (SSSR count). The Kier molecular flexibility index (Phi) is 15.9. The highest BCUT2D eigenvalue weighted by molar-refractivity contribution is 5.84. The second kappa shape index (κ2) is 21.5. The molecule has 53 heavy (non-hydrogen) atoms. The van der Waals surface area contributed by atoms with Crippen LogP contribution in [0.4, 0.5) is 0 Å². The third-order valence-corrected chi connectivity index (χ3v) is 8.67. The number of carbonyl (C=O) groups excluding carboxylic acids is 4. The standard InChI is InChI=1S/C40H46O13/c41-37-33-13-1-3-15-35(33)39(43)52-31-11-7-9-29(27-31)48-17-5-6-18-49-30-10-8-12-32(28-30)53-40(44)36-16-4-2-14-34(36)38(42)51-26-24-47-22-20-45-19-21-46-23-25-50-37/h1-12,27-28,33-36H,13-26H2/b6-5+/t33-,34+,35+,36-. The van der Waals surface area contributed by atoms with Crippen molar-refractivity contribution in [3.8, 4) is 23.0 Å². The second-order valence-electron chi connectivity index (χ2n) is 12.4. The molecule has 2 aliphatic carbocycles. The van der Waals surface area contributed by atoms with Gasteiger partial charge in [0.1, 0.15) is 49.4 Å². The first-order valence-electron chi connectivity index (χ1n) is 17.9. The Morgan fingerprint density at radius 3 is 1.11 bits per heavy atom. The Morgan fingerprint density at radius 2 is 0.717 bits per heavy atom. The molecule has 13 nitrogen and oxygen atoms in total. The van der Waals surface area contributed by atoms with Crippen molar-refractivity contribution < 1.29 is 61.8 Å². The molecule has 1 aliphatic heterocycles. The van der Waals surface area contributed by atoms with Crippen LogP contribution < -0.4 is 18.9 Å². The fraction of sp³-hybridized carbons (Fsp3) is 0.450. The lowest BCUT2D eigenvalue weighted by Crippen LogP contribution is -2.35. The van der Waals surface area contributed by atoms with Gasteiger partial charge in [-0.05, 0) is 62.1 Å². The molecule has 0 saturated carbocycles. The van der Waals surface area contributed by atoms with Crippen LogP contribution in [0.5, 0.6) is 23.0 Å². The summed E-state index contributed by atoms with van der Waals surface area (Å²) < 4.78 is 50.3. The van der Waals surface area contributed by atoms with Crippen LogP contribution in [-0.2, 0) is 42.9 Å². The minimum absolute atomic E-state index is 0.0364. The lowest BCUT2D eigenvalue weighted by Gasteiger charge is -2.25. The fourth-order valence-corrected chi connectivity index (χ4v) is 5.89. The number of cyclic esters (lactones) is 2. The predicted molar refractivity (Wildman–Crippen MR) is 189 cm³/mol. The minimum atomic E-state index is -0.690. The van der Waals surface area contributed by atoms with Crippen molar-refractivity contribution in [2.75, 3.05) is 66.1 Å². The van der Waals surface area contributed by atoms with Crippen LogP contribution in [0.1, 0.15) is 25.7 Å². The van der Waals surface area contributed by atoms with Gasteiger partial charge in [-0.15, -0.1) is 0 Å². The zero-order valence-electron chi connectivity index (χ0n) is 29.6. The number of ether oxygens (including phenoxy) is 9. The summed E-state index contributed by atoms with van der Waals surface area (Å²) in [6, 6.07) is 13.4. The maximum atomic E-state index is 13.2. The summed E-state index contributed by atoms with van der Waals surface area (Å²) in [7, 11) is 0. The zero-order chi connectivity index (χ0) is 37.1. The summed E-state index contributed by atoms with van der Waals surface area (Å²) in [5.41, 5.74) is 0. The van der Waals surface area contributed by atoms with Crippen molar-refractivity contribution in [2.24, 2.45) is 23.7 Å². The monoisotopic (exact) mass is 734 g/mol. The van der Waals surface area contributed by atoms with Crippen LogP contribution >= 0.6 is 0 Å². The molecule has 0 spiro atoms. The van der Waals surface area contributed by atoms with Crippen molar-refractivity contribution in [2.45, 2.75) is 25.7 Å². The van der Waals surface area contributed by atoms with Crippen LogP contribution in [0.15, 0.2) is 85.0 Å². The van der Waals surface area contributed by atoms with Crippen molar-refractivity contribution in [3.05, 3.63) is 85.0 Å². The third-order valence-electron chi connectivity index (χ3n) is 8.67. The van der Waals surface area contributed by atoms with Gasteiger partial charge in [-0.1, -0.05) is 36.4 Å². The van der Waals surface area contributed by atoms with E-state index in [1.807, 2.05) is 24.3 Å². The quantitative estimate of drug-likeness (QED) is 0.207. The summed E-state index contributed by atoms with van der Waals surface area (Å²) in [4.78, 5) is 52.1. The van der Waals surface area contributed by atoms with Crippen LogP contribution in [0, 0.1) is 23.7 Å². The van der Waals surface area contributed by atoms with Gasteiger partial charge in [-0.2, -0.15) is 0 Å². The fourth-order valence-electron chi connectivity index (χ4n) is 5.89. The average molecular weight is 735 g/mol. The molecule has 13 heteroatoms. The number of fused-ring (bicyclic) bond motifs is 6. The molecular formula is C40H46O13. The molecule has 4 bridgehead atoms. The van der Waals surface area contributed by atoms with Gasteiger partial charge >= 0.3 is 23.9 Å². The van der Waals surface area contributed by atoms with Crippen LogP contribution in [0.2, 0.25) is 0 Å². The van der Waals surface area contributed by atoms with Crippen molar-refractivity contribution in [3.63, 3.8) is 0 Å². The molecule has 0 fully saturated rings. The van der Waals surface area contributed by atoms with Crippen LogP contribution in [-0.4, -0.2) is 89.9 Å². The van der Waals surface area contributed by atoms with E-state index in [9.17, 15) is 19.2 Å². The highest BCUT2D eigenvalue weighted by atomic mass is 16.6. The molecule has 1 heterocycles. The number of hydrogen-bond donors (Lipinski definition) is 0. The van der Waals surface area contributed by atoms with Gasteiger partial charge in [0, 0.05) is 12.1 Å². The first-order chi connectivity index (χ1) is 26.0. The van der Waals surface area contributed by atoms with Gasteiger partial charge in [0.15, 0.2) is 0 Å². The number of allylic oxidation sites excluding steroid dienone is 4. The maximum absolute atomic E-state index is 13.2. The van der Waals surface area contributed by atoms with Crippen LogP contribution in [0.25, 0.3) is 0 Å². The van der Waals surface area contributed by atoms with Gasteiger partial charge in [0.2, 0.25) is 0 Å². The van der Waals surface area contributed by atoms with E-state index in [1.54, 1.807) is 60.7 Å². The Labute approximate surface area is 308 Å². The minimum Gasteiger partial charge on any atom is -0.489 e. The Bertz CT molecular complexity index is 1480. The van der Waals surface area contributed by atoms with Crippen molar-refractivity contribution >= 4 is 23.9 Å². The van der Waals surface area contributed by atoms with Crippen molar-refractivity contribution in [1.29, 1.82) is 0 Å². The molecule has 0 saturated heterocycles. The topological polar surface area (TPSA) is 151 Å². The molecule has 2 aromatic carbocycles. The molecule has 284 valence electrons. The number of benzene rings is 2. The molecule has 3 aliphatic rings. The van der Waals surface area contributed by atoms with E-state index in [0.29, 0.717) is 61.9 Å². The molecule has 0 aromatic heterocycles. The summed E-state index contributed by atoms with van der Waals surface area (Å²) in [6.07, 6.45) is 12.5. The maximum Gasteiger partial charge on any atom is 0.315 e. The first-order valence-corrected chi connectivity index (χ1v) is 17.9. The molecule has 0 radical (unpaired) electrons. The Balaban J connectivity index is 1.18. The number of carbonyl (C=O) groups is 4. The van der Waals surface area contributed by atoms with Gasteiger partial charge in [-0.25, -0.2) is 0 Å². The summed E-state index contributed by atoms with van der Waals surface area (Å²) >= 11 is 0. The van der Waals surface area contributed by atoms with Gasteiger partial charge in [0.25, 0.3) is 0 Å².